The second-order valence-corrected chi connectivity index (χ2v) is 7.14. The molecule has 1 aliphatic carbocycles. The van der Waals surface area contributed by atoms with E-state index < -0.39 is 5.60 Å². The van der Waals surface area contributed by atoms with Crippen molar-refractivity contribution in [2.24, 2.45) is 5.92 Å². The molecule has 1 amide bonds. The fourth-order valence-corrected chi connectivity index (χ4v) is 3.80. The van der Waals surface area contributed by atoms with Crippen molar-refractivity contribution in [1.82, 2.24) is 10.2 Å². The SMILES string of the molecule is O=C(NCC1CCN(CCc2ccccc2)C1)C1(O)CCCC1. The van der Waals surface area contributed by atoms with E-state index >= 15 is 0 Å². The van der Waals surface area contributed by atoms with Gasteiger partial charge in [0.2, 0.25) is 0 Å². The van der Waals surface area contributed by atoms with Crippen LogP contribution in [-0.4, -0.2) is 47.7 Å². The molecule has 23 heavy (non-hydrogen) atoms. The van der Waals surface area contributed by atoms with Gasteiger partial charge in [-0.25, -0.2) is 0 Å². The number of carbonyl (C=O) groups excluding carboxylic acids is 1. The van der Waals surface area contributed by atoms with Crippen LogP contribution >= 0.6 is 0 Å². The molecule has 1 aromatic carbocycles. The quantitative estimate of drug-likeness (QED) is 0.844. The normalized spacial score (nSPS) is 24.0. The standard InChI is InChI=1S/C19H28N2O2/c22-18(19(23)10-4-5-11-19)20-14-17-9-13-21(15-17)12-8-16-6-2-1-3-7-16/h1-3,6-7,17,23H,4-5,8-15H2,(H,20,22). The molecule has 0 spiro atoms. The Morgan fingerprint density at radius 1 is 1.26 bits per heavy atom. The zero-order chi connectivity index (χ0) is 16.1. The van der Waals surface area contributed by atoms with E-state index in [1.807, 2.05) is 0 Å². The van der Waals surface area contributed by atoms with Crippen LogP contribution in [0.5, 0.6) is 0 Å². The Hall–Kier alpha value is -1.39. The Labute approximate surface area is 138 Å². The highest BCUT2D eigenvalue weighted by molar-refractivity contribution is 5.85. The van der Waals surface area contributed by atoms with Crippen molar-refractivity contribution in [2.45, 2.75) is 44.1 Å². The highest BCUT2D eigenvalue weighted by Gasteiger charge is 2.39. The Morgan fingerprint density at radius 2 is 2.00 bits per heavy atom. The fourth-order valence-electron chi connectivity index (χ4n) is 3.80. The van der Waals surface area contributed by atoms with E-state index in [9.17, 15) is 9.90 Å². The first-order valence-corrected chi connectivity index (χ1v) is 8.93. The summed E-state index contributed by atoms with van der Waals surface area (Å²) in [5.74, 6) is 0.359. The van der Waals surface area contributed by atoms with Crippen molar-refractivity contribution >= 4 is 5.91 Å². The number of amides is 1. The molecule has 0 aromatic heterocycles. The van der Waals surface area contributed by atoms with Crippen molar-refractivity contribution in [3.05, 3.63) is 35.9 Å². The number of likely N-dealkylation sites (tertiary alicyclic amines) is 1. The molecule has 1 saturated heterocycles. The van der Waals surface area contributed by atoms with Gasteiger partial charge < -0.3 is 15.3 Å². The Bertz CT molecular complexity index is 511. The molecule has 1 saturated carbocycles. The van der Waals surface area contributed by atoms with E-state index in [2.05, 4.69) is 40.5 Å². The predicted octanol–water partition coefficient (Wildman–Crippen LogP) is 1.97. The van der Waals surface area contributed by atoms with E-state index in [1.54, 1.807) is 0 Å². The number of hydrogen-bond donors (Lipinski definition) is 2. The van der Waals surface area contributed by atoms with Crippen LogP contribution in [0.15, 0.2) is 30.3 Å². The van der Waals surface area contributed by atoms with Gasteiger partial charge in [0.25, 0.3) is 5.91 Å². The van der Waals surface area contributed by atoms with Gasteiger partial charge in [-0.2, -0.15) is 0 Å². The van der Waals surface area contributed by atoms with Crippen LogP contribution in [0.3, 0.4) is 0 Å². The summed E-state index contributed by atoms with van der Waals surface area (Å²) in [6.07, 6.45) is 5.37. The molecule has 1 heterocycles. The molecular weight excluding hydrogens is 288 g/mol. The largest absolute Gasteiger partial charge is 0.380 e. The molecule has 2 fully saturated rings. The van der Waals surface area contributed by atoms with Crippen molar-refractivity contribution < 1.29 is 9.90 Å². The van der Waals surface area contributed by atoms with Gasteiger partial charge in [0.05, 0.1) is 0 Å². The maximum absolute atomic E-state index is 12.1. The number of nitrogens with zero attached hydrogens (tertiary/aromatic N) is 1. The molecule has 0 bridgehead atoms. The summed E-state index contributed by atoms with van der Waals surface area (Å²) in [6, 6.07) is 10.6. The fraction of sp³-hybridized carbons (Fsp3) is 0.632. The maximum atomic E-state index is 12.1. The molecule has 4 heteroatoms. The average molecular weight is 316 g/mol. The lowest BCUT2D eigenvalue weighted by atomic mass is 10.0. The highest BCUT2D eigenvalue weighted by Crippen LogP contribution is 2.29. The van der Waals surface area contributed by atoms with Crippen molar-refractivity contribution in [1.29, 1.82) is 0 Å². The van der Waals surface area contributed by atoms with Crippen LogP contribution in [0, 0.1) is 5.92 Å². The molecule has 1 unspecified atom stereocenters. The minimum absolute atomic E-state index is 0.155. The summed E-state index contributed by atoms with van der Waals surface area (Å²) in [4.78, 5) is 14.6. The second kappa shape index (κ2) is 7.45. The summed E-state index contributed by atoms with van der Waals surface area (Å²) in [7, 11) is 0. The minimum atomic E-state index is -1.09. The van der Waals surface area contributed by atoms with Gasteiger partial charge in [-0.05, 0) is 56.6 Å². The monoisotopic (exact) mass is 316 g/mol. The van der Waals surface area contributed by atoms with Crippen LogP contribution in [0.1, 0.15) is 37.7 Å². The lowest BCUT2D eigenvalue weighted by Gasteiger charge is -2.22. The summed E-state index contributed by atoms with van der Waals surface area (Å²) in [6.45, 7) is 3.94. The van der Waals surface area contributed by atoms with Crippen molar-refractivity contribution in [3.63, 3.8) is 0 Å². The summed E-state index contributed by atoms with van der Waals surface area (Å²) in [5, 5.41) is 13.3. The maximum Gasteiger partial charge on any atom is 0.251 e. The third-order valence-corrected chi connectivity index (χ3v) is 5.33. The molecule has 0 radical (unpaired) electrons. The first-order chi connectivity index (χ1) is 11.2. The van der Waals surface area contributed by atoms with Crippen molar-refractivity contribution in [3.8, 4) is 0 Å². The molecule has 1 aliphatic heterocycles. The van der Waals surface area contributed by atoms with Crippen molar-refractivity contribution in [2.75, 3.05) is 26.2 Å². The third-order valence-electron chi connectivity index (χ3n) is 5.33. The van der Waals surface area contributed by atoms with E-state index in [0.29, 0.717) is 25.3 Å². The first kappa shape index (κ1) is 16.5. The van der Waals surface area contributed by atoms with Crippen LogP contribution in [0.25, 0.3) is 0 Å². The topological polar surface area (TPSA) is 52.6 Å². The van der Waals surface area contributed by atoms with Gasteiger partial charge in [-0.3, -0.25) is 4.79 Å². The van der Waals surface area contributed by atoms with E-state index in [0.717, 1.165) is 45.3 Å². The number of aliphatic hydroxyl groups is 1. The third kappa shape index (κ3) is 4.33. The zero-order valence-electron chi connectivity index (χ0n) is 13.8. The summed E-state index contributed by atoms with van der Waals surface area (Å²) in [5.41, 5.74) is 0.290. The van der Waals surface area contributed by atoms with Gasteiger partial charge in [0.15, 0.2) is 0 Å². The predicted molar refractivity (Wildman–Crippen MR) is 91.1 cm³/mol. The van der Waals surface area contributed by atoms with Gasteiger partial charge >= 0.3 is 0 Å². The zero-order valence-corrected chi connectivity index (χ0v) is 13.8. The summed E-state index contributed by atoms with van der Waals surface area (Å²) >= 11 is 0. The number of benzene rings is 1. The number of rotatable bonds is 6. The molecule has 1 aromatic rings. The molecule has 2 N–H and O–H groups in total. The molecule has 4 nitrogen and oxygen atoms in total. The number of hydrogen-bond acceptors (Lipinski definition) is 3. The molecule has 2 aliphatic rings. The first-order valence-electron chi connectivity index (χ1n) is 8.93. The van der Waals surface area contributed by atoms with E-state index in [-0.39, 0.29) is 5.91 Å². The van der Waals surface area contributed by atoms with Crippen LogP contribution in [-0.2, 0) is 11.2 Å². The van der Waals surface area contributed by atoms with Gasteiger partial charge in [0.1, 0.15) is 5.60 Å². The van der Waals surface area contributed by atoms with Crippen LogP contribution in [0.4, 0.5) is 0 Å². The average Bonchev–Trinajstić information content (AvgIpc) is 3.21. The van der Waals surface area contributed by atoms with Gasteiger partial charge in [0, 0.05) is 19.6 Å². The van der Waals surface area contributed by atoms with E-state index in [4.69, 9.17) is 0 Å². The van der Waals surface area contributed by atoms with Crippen LogP contribution in [0.2, 0.25) is 0 Å². The lowest BCUT2D eigenvalue weighted by Crippen LogP contribution is -2.46. The van der Waals surface area contributed by atoms with E-state index in [1.165, 1.54) is 5.56 Å². The Balaban J connectivity index is 1.37. The highest BCUT2D eigenvalue weighted by atomic mass is 16.3. The Kier molecular flexibility index (Phi) is 5.34. The second-order valence-electron chi connectivity index (χ2n) is 7.14. The summed E-state index contributed by atoms with van der Waals surface area (Å²) < 4.78 is 0. The number of carbonyl (C=O) groups is 1. The molecule has 126 valence electrons. The lowest BCUT2D eigenvalue weighted by molar-refractivity contribution is -0.139. The van der Waals surface area contributed by atoms with Crippen LogP contribution < -0.4 is 5.32 Å². The number of nitrogens with one attached hydrogen (secondary N) is 1. The van der Waals surface area contributed by atoms with Gasteiger partial charge in [-0.1, -0.05) is 30.3 Å². The molecular formula is C19H28N2O2. The Morgan fingerprint density at radius 3 is 2.74 bits per heavy atom. The van der Waals surface area contributed by atoms with Gasteiger partial charge in [-0.15, -0.1) is 0 Å². The minimum Gasteiger partial charge on any atom is -0.380 e. The molecule has 3 rings (SSSR count). The smallest absolute Gasteiger partial charge is 0.251 e. The molecule has 1 atom stereocenters.